The van der Waals surface area contributed by atoms with Gasteiger partial charge in [-0.2, -0.15) is 0 Å². The SMILES string of the molecule is CN(C(=O)OCC1c2ccccc2-c2ccccc21)c1ncc(C(=O)O)s1. The molecule has 0 bridgehead atoms. The Morgan fingerprint density at radius 2 is 1.70 bits per heavy atom. The first-order chi connectivity index (χ1) is 13.1. The van der Waals surface area contributed by atoms with Crippen molar-refractivity contribution in [3.63, 3.8) is 0 Å². The van der Waals surface area contributed by atoms with Crippen LogP contribution in [0.3, 0.4) is 0 Å². The van der Waals surface area contributed by atoms with Gasteiger partial charge < -0.3 is 9.84 Å². The summed E-state index contributed by atoms with van der Waals surface area (Å²) in [7, 11) is 1.52. The van der Waals surface area contributed by atoms with E-state index in [2.05, 4.69) is 29.2 Å². The van der Waals surface area contributed by atoms with E-state index in [1.54, 1.807) is 0 Å². The minimum absolute atomic E-state index is 0.0272. The molecule has 4 rings (SSSR count). The van der Waals surface area contributed by atoms with Crippen LogP contribution in [0.25, 0.3) is 11.1 Å². The number of nitrogens with zero attached hydrogens (tertiary/aromatic N) is 2. The van der Waals surface area contributed by atoms with Gasteiger partial charge in [-0.25, -0.2) is 14.6 Å². The maximum Gasteiger partial charge on any atom is 0.415 e. The predicted octanol–water partition coefficient (Wildman–Crippen LogP) is 4.23. The van der Waals surface area contributed by atoms with E-state index in [0.717, 1.165) is 33.6 Å². The maximum atomic E-state index is 12.4. The molecule has 6 nitrogen and oxygen atoms in total. The fourth-order valence-corrected chi connectivity index (χ4v) is 3.99. The first-order valence-electron chi connectivity index (χ1n) is 8.34. The van der Waals surface area contributed by atoms with E-state index in [0.29, 0.717) is 0 Å². The number of rotatable bonds is 4. The van der Waals surface area contributed by atoms with E-state index >= 15 is 0 Å². The predicted molar refractivity (Wildman–Crippen MR) is 103 cm³/mol. The van der Waals surface area contributed by atoms with Crippen molar-refractivity contribution in [3.05, 3.63) is 70.7 Å². The molecule has 1 amide bonds. The Hall–Kier alpha value is -3.19. The van der Waals surface area contributed by atoms with Gasteiger partial charge in [0.1, 0.15) is 11.5 Å². The zero-order chi connectivity index (χ0) is 19.0. The number of benzene rings is 2. The molecule has 136 valence electrons. The largest absolute Gasteiger partial charge is 0.477 e. The van der Waals surface area contributed by atoms with E-state index < -0.39 is 12.1 Å². The maximum absolute atomic E-state index is 12.4. The Bertz CT molecular complexity index is 985. The summed E-state index contributed by atoms with van der Waals surface area (Å²) >= 11 is 0.927. The molecule has 2 aromatic carbocycles. The van der Waals surface area contributed by atoms with Gasteiger partial charge in [-0.1, -0.05) is 59.9 Å². The van der Waals surface area contributed by atoms with Crippen molar-refractivity contribution in [2.24, 2.45) is 0 Å². The van der Waals surface area contributed by atoms with E-state index in [1.807, 2.05) is 24.3 Å². The number of thiazole rings is 1. The number of ether oxygens (including phenoxy) is 1. The van der Waals surface area contributed by atoms with Gasteiger partial charge in [0.25, 0.3) is 0 Å². The lowest BCUT2D eigenvalue weighted by molar-refractivity contribution is 0.0702. The summed E-state index contributed by atoms with van der Waals surface area (Å²) in [4.78, 5) is 28.7. The molecular weight excluding hydrogens is 364 g/mol. The average Bonchev–Trinajstić information content (AvgIpc) is 3.29. The lowest BCUT2D eigenvalue weighted by Gasteiger charge is -2.18. The molecule has 0 aliphatic heterocycles. The van der Waals surface area contributed by atoms with E-state index in [-0.39, 0.29) is 22.5 Å². The molecular formula is C20H16N2O4S. The van der Waals surface area contributed by atoms with Crippen molar-refractivity contribution >= 4 is 28.5 Å². The standard InChI is InChI=1S/C20H16N2O4S/c1-22(19-21-10-17(27-19)18(23)24)20(25)26-11-16-14-8-4-2-6-12(14)13-7-3-5-9-15(13)16/h2-10,16H,11H2,1H3,(H,23,24). The number of anilines is 1. The van der Waals surface area contributed by atoms with Gasteiger partial charge in [-0.3, -0.25) is 4.90 Å². The highest BCUT2D eigenvalue weighted by molar-refractivity contribution is 7.17. The van der Waals surface area contributed by atoms with Crippen molar-refractivity contribution in [2.75, 3.05) is 18.6 Å². The highest BCUT2D eigenvalue weighted by Crippen LogP contribution is 2.44. The summed E-state index contributed by atoms with van der Waals surface area (Å²) in [6.45, 7) is 0.203. The molecule has 0 atom stereocenters. The number of carbonyl (C=O) groups is 2. The Morgan fingerprint density at radius 1 is 1.11 bits per heavy atom. The number of carboxylic acid groups (broad SMARTS) is 1. The van der Waals surface area contributed by atoms with Crippen molar-refractivity contribution in [1.82, 2.24) is 4.98 Å². The summed E-state index contributed by atoms with van der Waals surface area (Å²) in [5.74, 6) is -1.10. The molecule has 1 aromatic heterocycles. The highest BCUT2D eigenvalue weighted by atomic mass is 32.1. The summed E-state index contributed by atoms with van der Waals surface area (Å²) in [5.41, 5.74) is 4.59. The van der Waals surface area contributed by atoms with Crippen LogP contribution in [0.15, 0.2) is 54.7 Å². The van der Waals surface area contributed by atoms with Crippen LogP contribution in [0, 0.1) is 0 Å². The lowest BCUT2D eigenvalue weighted by atomic mass is 9.98. The van der Waals surface area contributed by atoms with Crippen molar-refractivity contribution < 1.29 is 19.4 Å². The van der Waals surface area contributed by atoms with Gasteiger partial charge >= 0.3 is 12.1 Å². The van der Waals surface area contributed by atoms with Gasteiger partial charge in [-0.05, 0) is 22.3 Å². The Morgan fingerprint density at radius 3 is 2.26 bits per heavy atom. The van der Waals surface area contributed by atoms with Crippen molar-refractivity contribution in [3.8, 4) is 11.1 Å². The number of hydrogen-bond donors (Lipinski definition) is 1. The normalized spacial score (nSPS) is 12.3. The van der Waals surface area contributed by atoms with Crippen LogP contribution >= 0.6 is 11.3 Å². The topological polar surface area (TPSA) is 79.7 Å². The molecule has 0 saturated carbocycles. The Labute approximate surface area is 159 Å². The van der Waals surface area contributed by atoms with Gasteiger partial charge in [0.15, 0.2) is 5.13 Å². The zero-order valence-electron chi connectivity index (χ0n) is 14.5. The van der Waals surface area contributed by atoms with Gasteiger partial charge in [0.2, 0.25) is 0 Å². The quantitative estimate of drug-likeness (QED) is 0.733. The second-order valence-corrected chi connectivity index (χ2v) is 7.18. The number of carbonyl (C=O) groups excluding carboxylic acids is 1. The molecule has 1 heterocycles. The third-order valence-electron chi connectivity index (χ3n) is 4.60. The molecule has 0 unspecified atom stereocenters. The number of carboxylic acids is 1. The molecule has 0 fully saturated rings. The zero-order valence-corrected chi connectivity index (χ0v) is 15.3. The van der Waals surface area contributed by atoms with Gasteiger partial charge in [0.05, 0.1) is 6.20 Å². The fraction of sp³-hybridized carbons (Fsp3) is 0.150. The van der Waals surface area contributed by atoms with Crippen molar-refractivity contribution in [1.29, 1.82) is 0 Å². The molecule has 0 spiro atoms. The van der Waals surface area contributed by atoms with E-state index in [1.165, 1.54) is 18.1 Å². The first-order valence-corrected chi connectivity index (χ1v) is 9.15. The molecule has 3 aromatic rings. The molecule has 0 radical (unpaired) electrons. The highest BCUT2D eigenvalue weighted by Gasteiger charge is 2.29. The third kappa shape index (κ3) is 3.06. The monoisotopic (exact) mass is 380 g/mol. The van der Waals surface area contributed by atoms with E-state index in [9.17, 15) is 9.59 Å². The average molecular weight is 380 g/mol. The molecule has 27 heavy (non-hydrogen) atoms. The fourth-order valence-electron chi connectivity index (χ4n) is 3.29. The van der Waals surface area contributed by atoms with E-state index in [4.69, 9.17) is 9.84 Å². The third-order valence-corrected chi connectivity index (χ3v) is 5.66. The van der Waals surface area contributed by atoms with Crippen LogP contribution in [0.1, 0.15) is 26.7 Å². The smallest absolute Gasteiger partial charge is 0.415 e. The van der Waals surface area contributed by atoms with Gasteiger partial charge in [0, 0.05) is 13.0 Å². The van der Waals surface area contributed by atoms with Crippen molar-refractivity contribution in [2.45, 2.75) is 5.92 Å². The number of hydrogen-bond acceptors (Lipinski definition) is 5. The number of amides is 1. The summed E-state index contributed by atoms with van der Waals surface area (Å²) < 4.78 is 5.53. The second-order valence-electron chi connectivity index (χ2n) is 6.18. The first kappa shape index (κ1) is 17.2. The molecule has 1 aliphatic carbocycles. The number of aromatic nitrogens is 1. The summed E-state index contributed by atoms with van der Waals surface area (Å²) in [6.07, 6.45) is 0.665. The van der Waals surface area contributed by atoms with Crippen LogP contribution in [-0.2, 0) is 4.74 Å². The van der Waals surface area contributed by atoms with Crippen LogP contribution in [0.2, 0.25) is 0 Å². The minimum Gasteiger partial charge on any atom is -0.477 e. The number of fused-ring (bicyclic) bond motifs is 3. The molecule has 1 aliphatic rings. The minimum atomic E-state index is -1.07. The summed E-state index contributed by atoms with van der Waals surface area (Å²) in [6, 6.07) is 16.2. The Kier molecular flexibility index (Phi) is 4.37. The molecule has 1 N–H and O–H groups in total. The lowest BCUT2D eigenvalue weighted by Crippen LogP contribution is -2.28. The molecule has 0 saturated heterocycles. The Balaban J connectivity index is 1.51. The number of aromatic carboxylic acids is 1. The second kappa shape index (κ2) is 6.85. The van der Waals surface area contributed by atoms with Crippen LogP contribution < -0.4 is 4.90 Å². The van der Waals surface area contributed by atoms with Gasteiger partial charge in [-0.15, -0.1) is 0 Å². The van der Waals surface area contributed by atoms with Crippen LogP contribution in [-0.4, -0.2) is 35.8 Å². The van der Waals surface area contributed by atoms with Crippen LogP contribution in [0.4, 0.5) is 9.93 Å². The summed E-state index contributed by atoms with van der Waals surface area (Å²) in [5, 5.41) is 9.27. The van der Waals surface area contributed by atoms with Crippen LogP contribution in [0.5, 0.6) is 0 Å². The molecule has 7 heteroatoms.